The molecule has 1 aromatic carbocycles. The van der Waals surface area contributed by atoms with Gasteiger partial charge in [-0.05, 0) is 62.9 Å². The summed E-state index contributed by atoms with van der Waals surface area (Å²) in [5.74, 6) is 0.539. The second-order valence-electron chi connectivity index (χ2n) is 10.4. The topological polar surface area (TPSA) is 68.6 Å². The minimum atomic E-state index is -4.61. The van der Waals surface area contributed by atoms with Gasteiger partial charge in [-0.25, -0.2) is 14.4 Å². The van der Waals surface area contributed by atoms with E-state index in [9.17, 15) is 22.7 Å². The van der Waals surface area contributed by atoms with Gasteiger partial charge in [0.05, 0.1) is 22.9 Å². The number of aliphatic hydroxyl groups excluding tert-OH is 1. The summed E-state index contributed by atoms with van der Waals surface area (Å²) in [5, 5.41) is 9.32. The van der Waals surface area contributed by atoms with E-state index in [-0.39, 0.29) is 41.6 Å². The van der Waals surface area contributed by atoms with Crippen molar-refractivity contribution in [2.24, 2.45) is 0 Å². The van der Waals surface area contributed by atoms with Crippen molar-refractivity contribution in [3.05, 3.63) is 58.5 Å². The molecule has 2 atom stereocenters. The summed E-state index contributed by atoms with van der Waals surface area (Å²) in [7, 11) is 0. The Kier molecular flexibility index (Phi) is 8.05. The maximum Gasteiger partial charge on any atom is 0.419 e. The van der Waals surface area contributed by atoms with Crippen LogP contribution in [0.1, 0.15) is 44.2 Å². The maximum atomic E-state index is 13.9. The van der Waals surface area contributed by atoms with Crippen molar-refractivity contribution in [1.29, 1.82) is 0 Å². The van der Waals surface area contributed by atoms with Crippen molar-refractivity contribution in [1.82, 2.24) is 15.0 Å². The van der Waals surface area contributed by atoms with Crippen molar-refractivity contribution in [3.8, 4) is 11.3 Å². The number of piperazine rings is 1. The molecule has 0 radical (unpaired) electrons. The van der Waals surface area contributed by atoms with Crippen molar-refractivity contribution in [2.75, 3.05) is 40.9 Å². The molecule has 2 aliphatic rings. The van der Waals surface area contributed by atoms with E-state index < -0.39 is 24.2 Å². The van der Waals surface area contributed by atoms with Crippen molar-refractivity contribution >= 4 is 29.2 Å². The lowest BCUT2D eigenvalue weighted by molar-refractivity contribution is -0.137. The minimum Gasteiger partial charge on any atom is -0.392 e. The SMILES string of the molecule is C[C@@H]1CN(c2ncc(CO)cc2C(F)(F)F)CCN1c1cc(-c2ccc(F)c(Cl)c2)nc(N2CCCC[C@@H]2C)n1. The Labute approximate surface area is 235 Å². The number of hydrogen-bond acceptors (Lipinski definition) is 7. The van der Waals surface area contributed by atoms with Gasteiger partial charge in [0.2, 0.25) is 5.95 Å². The molecule has 0 amide bonds. The molecule has 2 aliphatic heterocycles. The lowest BCUT2D eigenvalue weighted by Crippen LogP contribution is -2.53. The Bertz CT molecular complexity index is 1370. The van der Waals surface area contributed by atoms with Crippen LogP contribution in [-0.2, 0) is 12.8 Å². The first-order valence-corrected chi connectivity index (χ1v) is 13.7. The molecule has 214 valence electrons. The number of aliphatic hydroxyl groups is 1. The number of halogens is 5. The van der Waals surface area contributed by atoms with Crippen LogP contribution in [0.4, 0.5) is 35.1 Å². The molecule has 40 heavy (non-hydrogen) atoms. The summed E-state index contributed by atoms with van der Waals surface area (Å²) in [6.45, 7) is 5.33. The molecular formula is C28H31ClF4N6O. The lowest BCUT2D eigenvalue weighted by Gasteiger charge is -2.42. The van der Waals surface area contributed by atoms with Crippen LogP contribution >= 0.6 is 11.6 Å². The number of rotatable bonds is 5. The lowest BCUT2D eigenvalue weighted by atomic mass is 10.0. The minimum absolute atomic E-state index is 0.00674. The molecule has 1 N–H and O–H groups in total. The van der Waals surface area contributed by atoms with Crippen molar-refractivity contribution in [2.45, 2.75) is 58.0 Å². The molecule has 7 nitrogen and oxygen atoms in total. The number of piperidine rings is 1. The molecule has 0 bridgehead atoms. The maximum absolute atomic E-state index is 13.9. The first kappa shape index (κ1) is 28.4. The number of benzene rings is 1. The summed E-state index contributed by atoms with van der Waals surface area (Å²) in [6.07, 6.45) is -0.160. The highest BCUT2D eigenvalue weighted by Crippen LogP contribution is 2.37. The van der Waals surface area contributed by atoms with Gasteiger partial charge in [0, 0.05) is 56.1 Å². The van der Waals surface area contributed by atoms with Gasteiger partial charge >= 0.3 is 6.18 Å². The molecule has 2 saturated heterocycles. The van der Waals surface area contributed by atoms with E-state index in [1.165, 1.54) is 18.3 Å². The molecule has 4 heterocycles. The van der Waals surface area contributed by atoms with Crippen molar-refractivity contribution < 1.29 is 22.7 Å². The van der Waals surface area contributed by atoms with Gasteiger partial charge in [-0.1, -0.05) is 11.6 Å². The Balaban J connectivity index is 1.48. The third-order valence-electron chi connectivity index (χ3n) is 7.61. The number of aromatic nitrogens is 3. The average Bonchev–Trinajstić information content (AvgIpc) is 2.93. The number of nitrogens with zero attached hydrogens (tertiary/aromatic N) is 6. The van der Waals surface area contributed by atoms with E-state index in [0.29, 0.717) is 29.6 Å². The fraction of sp³-hybridized carbons (Fsp3) is 0.464. The highest BCUT2D eigenvalue weighted by molar-refractivity contribution is 6.31. The molecule has 0 unspecified atom stereocenters. The fourth-order valence-electron chi connectivity index (χ4n) is 5.43. The summed E-state index contributed by atoms with van der Waals surface area (Å²) in [6, 6.07) is 7.28. The van der Waals surface area contributed by atoms with Crippen LogP contribution in [0.5, 0.6) is 0 Å². The Morgan fingerprint density at radius 2 is 1.80 bits per heavy atom. The second-order valence-corrected chi connectivity index (χ2v) is 10.8. The zero-order valence-corrected chi connectivity index (χ0v) is 23.1. The smallest absolute Gasteiger partial charge is 0.392 e. The average molecular weight is 579 g/mol. The number of alkyl halides is 3. The normalized spacial score (nSPS) is 20.2. The molecule has 2 aromatic heterocycles. The summed E-state index contributed by atoms with van der Waals surface area (Å²) in [4.78, 5) is 19.7. The number of anilines is 3. The van der Waals surface area contributed by atoms with Gasteiger partial charge in [0.15, 0.2) is 0 Å². The highest BCUT2D eigenvalue weighted by atomic mass is 35.5. The Morgan fingerprint density at radius 1 is 1.00 bits per heavy atom. The van der Waals surface area contributed by atoms with E-state index in [1.807, 2.05) is 13.0 Å². The molecule has 5 rings (SSSR count). The van der Waals surface area contributed by atoms with Gasteiger partial charge in [-0.15, -0.1) is 0 Å². The first-order chi connectivity index (χ1) is 19.0. The van der Waals surface area contributed by atoms with E-state index in [1.54, 1.807) is 11.0 Å². The van der Waals surface area contributed by atoms with E-state index in [0.717, 1.165) is 31.9 Å². The van der Waals surface area contributed by atoms with Crippen LogP contribution in [0.2, 0.25) is 5.02 Å². The van der Waals surface area contributed by atoms with Crippen molar-refractivity contribution in [3.63, 3.8) is 0 Å². The molecule has 0 spiro atoms. The third-order valence-corrected chi connectivity index (χ3v) is 7.90. The van der Waals surface area contributed by atoms with Crippen LogP contribution in [0, 0.1) is 5.82 Å². The molecule has 0 saturated carbocycles. The van der Waals surface area contributed by atoms with Gasteiger partial charge in [-0.2, -0.15) is 18.2 Å². The Hall–Kier alpha value is -3.18. The quantitative estimate of drug-likeness (QED) is 0.376. The predicted molar refractivity (Wildman–Crippen MR) is 147 cm³/mol. The van der Waals surface area contributed by atoms with E-state index in [2.05, 4.69) is 21.7 Å². The molecule has 12 heteroatoms. The molecule has 2 fully saturated rings. The van der Waals surface area contributed by atoms with Gasteiger partial charge in [-0.3, -0.25) is 0 Å². The molecule has 3 aromatic rings. The van der Waals surface area contributed by atoms with Crippen LogP contribution in [-0.4, -0.2) is 58.3 Å². The third kappa shape index (κ3) is 5.81. The Morgan fingerprint density at radius 3 is 2.48 bits per heavy atom. The summed E-state index contributed by atoms with van der Waals surface area (Å²) >= 11 is 6.08. The van der Waals surface area contributed by atoms with Gasteiger partial charge < -0.3 is 19.8 Å². The fourth-order valence-corrected chi connectivity index (χ4v) is 5.61. The first-order valence-electron chi connectivity index (χ1n) is 13.3. The monoisotopic (exact) mass is 578 g/mol. The molecule has 0 aliphatic carbocycles. The van der Waals surface area contributed by atoms with Crippen LogP contribution in [0.25, 0.3) is 11.3 Å². The van der Waals surface area contributed by atoms with Crippen LogP contribution < -0.4 is 14.7 Å². The van der Waals surface area contributed by atoms with Crippen LogP contribution in [0.15, 0.2) is 36.5 Å². The zero-order chi connectivity index (χ0) is 28.6. The standard InChI is InChI=1S/C28H31ClF4N6O/c1-17-5-3-4-8-39(17)27-35-24(20-6-7-23(30)22(29)12-20)13-25(36-27)38-10-9-37(15-18(38)2)26-21(28(31,32)33)11-19(16-40)14-34-26/h6-7,11-14,17-18,40H,3-5,8-10,15-16H2,1-2H3/t17-,18+/m0/s1. The van der Waals surface area contributed by atoms with E-state index in [4.69, 9.17) is 21.6 Å². The predicted octanol–water partition coefficient (Wildman–Crippen LogP) is 5.94. The van der Waals surface area contributed by atoms with E-state index >= 15 is 0 Å². The van der Waals surface area contributed by atoms with Gasteiger partial charge in [0.25, 0.3) is 0 Å². The number of hydrogen-bond donors (Lipinski definition) is 1. The zero-order valence-electron chi connectivity index (χ0n) is 22.3. The summed E-state index contributed by atoms with van der Waals surface area (Å²) < 4.78 is 55.5. The van der Waals surface area contributed by atoms with Crippen LogP contribution in [0.3, 0.4) is 0 Å². The highest BCUT2D eigenvalue weighted by Gasteiger charge is 2.38. The molecular weight excluding hydrogens is 548 g/mol. The van der Waals surface area contributed by atoms with Gasteiger partial charge in [0.1, 0.15) is 17.5 Å². The largest absolute Gasteiger partial charge is 0.419 e. The second kappa shape index (κ2) is 11.4. The number of pyridine rings is 1. The summed E-state index contributed by atoms with van der Waals surface area (Å²) in [5.41, 5.74) is 0.486.